The fourth-order valence-corrected chi connectivity index (χ4v) is 5.12. The van der Waals surface area contributed by atoms with Crippen molar-refractivity contribution in [1.29, 1.82) is 0 Å². The zero-order chi connectivity index (χ0) is 30.1. The van der Waals surface area contributed by atoms with Gasteiger partial charge in [-0.05, 0) is 32.1 Å². The Morgan fingerprint density at radius 2 is 1.86 bits per heavy atom. The van der Waals surface area contributed by atoms with Crippen LogP contribution in [0.1, 0.15) is 29.1 Å². The second-order valence-corrected chi connectivity index (χ2v) is 10.2. The molecule has 14 heteroatoms. The Labute approximate surface area is 238 Å². The molecule has 4 heterocycles. The smallest absolute Gasteiger partial charge is 0.341 e. The summed E-state index contributed by atoms with van der Waals surface area (Å²) >= 11 is 0. The zero-order valence-electron chi connectivity index (χ0n) is 23.0. The Kier molecular flexibility index (Phi) is 8.09. The van der Waals surface area contributed by atoms with E-state index >= 15 is 4.39 Å². The van der Waals surface area contributed by atoms with E-state index in [1.54, 1.807) is 36.6 Å². The van der Waals surface area contributed by atoms with Crippen LogP contribution in [0.2, 0.25) is 0 Å². The number of H-pyrrole nitrogens is 1. The third kappa shape index (κ3) is 5.76. The minimum Gasteiger partial charge on any atom is -0.477 e. The average Bonchev–Trinajstić information content (AvgIpc) is 3.43. The van der Waals surface area contributed by atoms with Gasteiger partial charge in [0.05, 0.1) is 17.7 Å². The van der Waals surface area contributed by atoms with Crippen LogP contribution in [0, 0.1) is 12.7 Å². The number of rotatable bonds is 8. The molecule has 3 aromatic rings. The number of pyridine rings is 1. The highest BCUT2D eigenvalue weighted by atomic mass is 19.1. The molecule has 0 spiro atoms. The van der Waals surface area contributed by atoms with Gasteiger partial charge < -0.3 is 24.0 Å². The lowest BCUT2D eigenvalue weighted by atomic mass is 10.1. The van der Waals surface area contributed by atoms with E-state index in [9.17, 15) is 29.1 Å². The Morgan fingerprint density at radius 1 is 1.12 bits per heavy atom. The van der Waals surface area contributed by atoms with Gasteiger partial charge in [0.25, 0.3) is 5.56 Å². The number of nitrogens with zero attached hydrogens (tertiary/aromatic N) is 4. The van der Waals surface area contributed by atoms with Crippen LogP contribution < -0.4 is 21.6 Å². The number of esters is 1. The average molecular weight is 584 g/mol. The number of carboxylic acid groups (broad SMARTS) is 1. The molecular formula is C28H30FN5O8. The molecule has 1 aromatic carbocycles. The van der Waals surface area contributed by atoms with Crippen LogP contribution in [0.25, 0.3) is 10.9 Å². The number of aromatic amines is 1. The molecule has 13 nitrogen and oxygen atoms in total. The summed E-state index contributed by atoms with van der Waals surface area (Å²) in [6.45, 7) is 5.51. The second kappa shape index (κ2) is 11.7. The SMILES string of the molecule is CCn1cc(C(=O)O)c(=O)c2cc(F)c(N3CCN(CC(=O)OC[C@@H]4C=C[C@H](n5cc(C)c(=O)[nH]c5=O)O4)CC3)cc21. The standard InChI is InChI=1S/C28H30FN5O8/c1-3-32-13-19(27(38)39)25(36)18-10-20(29)22(11-21(18)32)33-8-6-31(7-9-33)14-24(35)41-15-17-4-5-23(42-17)34-12-16(2)26(37)30-28(34)40/h4-5,10-13,17,23H,3,6-9,14-15H2,1-2H3,(H,38,39)(H,30,37,40)/t17-,23+/m0/s1. The number of carbonyl (C=O) groups is 2. The number of fused-ring (bicyclic) bond motifs is 1. The lowest BCUT2D eigenvalue weighted by Crippen LogP contribution is -2.48. The summed E-state index contributed by atoms with van der Waals surface area (Å²) in [6.07, 6.45) is 4.72. The van der Waals surface area contributed by atoms with Crippen LogP contribution in [0.15, 0.2) is 51.1 Å². The molecule has 2 aliphatic rings. The number of aromatic nitrogens is 3. The van der Waals surface area contributed by atoms with Crippen LogP contribution >= 0.6 is 0 Å². The quantitative estimate of drug-likeness (QED) is 0.288. The molecule has 2 atom stereocenters. The van der Waals surface area contributed by atoms with Crippen molar-refractivity contribution in [1.82, 2.24) is 19.0 Å². The molecule has 42 heavy (non-hydrogen) atoms. The van der Waals surface area contributed by atoms with Crippen molar-refractivity contribution in [3.63, 3.8) is 0 Å². The molecule has 1 saturated heterocycles. The fraction of sp³-hybridized carbons (Fsp3) is 0.393. The monoisotopic (exact) mass is 583 g/mol. The summed E-state index contributed by atoms with van der Waals surface area (Å²) in [5.41, 5.74) is -1.11. The number of benzene rings is 1. The van der Waals surface area contributed by atoms with Crippen molar-refractivity contribution in [3.05, 3.63) is 84.7 Å². The predicted molar refractivity (Wildman–Crippen MR) is 150 cm³/mol. The van der Waals surface area contributed by atoms with E-state index in [2.05, 4.69) is 4.98 Å². The third-order valence-electron chi connectivity index (χ3n) is 7.42. The van der Waals surface area contributed by atoms with E-state index in [0.29, 0.717) is 49.5 Å². The highest BCUT2D eigenvalue weighted by Gasteiger charge is 2.26. The molecule has 0 bridgehead atoms. The molecule has 0 aliphatic carbocycles. The topological polar surface area (TPSA) is 156 Å². The minimum absolute atomic E-state index is 0.00710. The largest absolute Gasteiger partial charge is 0.477 e. The van der Waals surface area contributed by atoms with E-state index in [-0.39, 0.29) is 18.5 Å². The number of halogens is 1. The molecule has 1 fully saturated rings. The number of hydrogen-bond donors (Lipinski definition) is 2. The third-order valence-corrected chi connectivity index (χ3v) is 7.42. The number of nitrogens with one attached hydrogen (secondary N) is 1. The molecule has 222 valence electrons. The van der Waals surface area contributed by atoms with Gasteiger partial charge in [-0.15, -0.1) is 0 Å². The number of anilines is 1. The first-order chi connectivity index (χ1) is 20.0. The summed E-state index contributed by atoms with van der Waals surface area (Å²) in [4.78, 5) is 66.2. The Balaban J connectivity index is 1.15. The molecular weight excluding hydrogens is 553 g/mol. The number of piperazine rings is 1. The van der Waals surface area contributed by atoms with Crippen molar-refractivity contribution in [2.24, 2.45) is 0 Å². The van der Waals surface area contributed by atoms with E-state index in [4.69, 9.17) is 9.47 Å². The number of aryl methyl sites for hydroxylation is 2. The van der Waals surface area contributed by atoms with Gasteiger partial charge in [-0.2, -0.15) is 0 Å². The van der Waals surface area contributed by atoms with Crippen molar-refractivity contribution in [3.8, 4) is 0 Å². The van der Waals surface area contributed by atoms with Gasteiger partial charge in [0.15, 0.2) is 6.23 Å². The normalized spacial score (nSPS) is 19.0. The van der Waals surface area contributed by atoms with Gasteiger partial charge in [0.1, 0.15) is 24.1 Å². The number of aromatic carboxylic acids is 1. The predicted octanol–water partition coefficient (Wildman–Crippen LogP) is 0.836. The Morgan fingerprint density at radius 3 is 2.55 bits per heavy atom. The molecule has 2 N–H and O–H groups in total. The molecule has 0 radical (unpaired) electrons. The van der Waals surface area contributed by atoms with Gasteiger partial charge in [-0.25, -0.2) is 14.0 Å². The summed E-state index contributed by atoms with van der Waals surface area (Å²) in [7, 11) is 0. The number of carboxylic acids is 1. The van der Waals surface area contributed by atoms with Gasteiger partial charge in [-0.3, -0.25) is 28.8 Å². The van der Waals surface area contributed by atoms with Crippen molar-refractivity contribution < 1.29 is 28.6 Å². The number of ether oxygens (including phenoxy) is 2. The van der Waals surface area contributed by atoms with Crippen LogP contribution in [-0.4, -0.2) is 81.5 Å². The second-order valence-electron chi connectivity index (χ2n) is 10.2. The molecule has 2 aromatic heterocycles. The van der Waals surface area contributed by atoms with E-state index in [1.807, 2.05) is 9.80 Å². The number of carbonyl (C=O) groups excluding carboxylic acids is 1. The lowest BCUT2D eigenvalue weighted by Gasteiger charge is -2.35. The van der Waals surface area contributed by atoms with E-state index < -0.39 is 52.3 Å². The first kappa shape index (κ1) is 29.0. The van der Waals surface area contributed by atoms with Crippen molar-refractivity contribution in [2.45, 2.75) is 32.7 Å². The van der Waals surface area contributed by atoms with Gasteiger partial charge in [0, 0.05) is 56.1 Å². The van der Waals surface area contributed by atoms with Crippen LogP contribution in [0.4, 0.5) is 10.1 Å². The summed E-state index contributed by atoms with van der Waals surface area (Å²) in [6, 6.07) is 2.66. The Bertz CT molecular complexity index is 1750. The first-order valence-electron chi connectivity index (χ1n) is 13.4. The van der Waals surface area contributed by atoms with E-state index in [1.165, 1.54) is 17.0 Å². The Hall–Kier alpha value is -4.56. The van der Waals surface area contributed by atoms with Crippen molar-refractivity contribution >= 4 is 28.5 Å². The van der Waals surface area contributed by atoms with Crippen molar-refractivity contribution in [2.75, 3.05) is 44.2 Å². The number of hydrogen-bond acceptors (Lipinski definition) is 9. The molecule has 5 rings (SSSR count). The highest BCUT2D eigenvalue weighted by Crippen LogP contribution is 2.26. The summed E-state index contributed by atoms with van der Waals surface area (Å²) in [5.74, 6) is -2.45. The summed E-state index contributed by atoms with van der Waals surface area (Å²) < 4.78 is 29.1. The first-order valence-corrected chi connectivity index (χ1v) is 13.4. The zero-order valence-corrected chi connectivity index (χ0v) is 23.0. The minimum atomic E-state index is -1.36. The molecule has 2 aliphatic heterocycles. The molecule has 0 amide bonds. The highest BCUT2D eigenvalue weighted by molar-refractivity contribution is 5.93. The maximum absolute atomic E-state index is 15.1. The van der Waals surface area contributed by atoms with Gasteiger partial charge in [-0.1, -0.05) is 6.08 Å². The van der Waals surface area contributed by atoms with E-state index in [0.717, 1.165) is 6.07 Å². The molecule has 0 saturated carbocycles. The lowest BCUT2D eigenvalue weighted by molar-refractivity contribution is -0.149. The van der Waals surface area contributed by atoms with Crippen LogP contribution in [0.3, 0.4) is 0 Å². The maximum atomic E-state index is 15.1. The summed E-state index contributed by atoms with van der Waals surface area (Å²) in [5, 5.41) is 9.35. The van der Waals surface area contributed by atoms with Crippen LogP contribution in [-0.2, 0) is 20.8 Å². The molecule has 0 unspecified atom stereocenters. The van der Waals surface area contributed by atoms with Gasteiger partial charge in [0.2, 0.25) is 5.43 Å². The van der Waals surface area contributed by atoms with Crippen LogP contribution in [0.5, 0.6) is 0 Å². The van der Waals surface area contributed by atoms with Gasteiger partial charge >= 0.3 is 17.6 Å². The fourth-order valence-electron chi connectivity index (χ4n) is 5.12. The maximum Gasteiger partial charge on any atom is 0.341 e.